The van der Waals surface area contributed by atoms with Gasteiger partial charge in [0.25, 0.3) is 11.6 Å². The number of non-ortho nitro benzene ring substituents is 1. The molecule has 0 radical (unpaired) electrons. The number of nitrogens with one attached hydrogen (secondary N) is 2. The van der Waals surface area contributed by atoms with E-state index in [4.69, 9.17) is 4.74 Å². The summed E-state index contributed by atoms with van der Waals surface area (Å²) in [7, 11) is -4.25. The molecule has 0 aliphatic rings. The van der Waals surface area contributed by atoms with Gasteiger partial charge in [0, 0.05) is 29.3 Å². The van der Waals surface area contributed by atoms with Crippen LogP contribution in [0.3, 0.4) is 0 Å². The molecule has 1 atom stereocenters. The third-order valence-corrected chi connectivity index (χ3v) is 7.72. The second-order valence-corrected chi connectivity index (χ2v) is 12.3. The van der Waals surface area contributed by atoms with E-state index in [1.807, 2.05) is 45.9 Å². The Kier molecular flexibility index (Phi) is 8.51. The van der Waals surface area contributed by atoms with E-state index >= 15 is 0 Å². The molecule has 11 nitrogen and oxygen atoms in total. The van der Waals surface area contributed by atoms with Crippen LogP contribution in [0.15, 0.2) is 41.3 Å². The number of ether oxygens (including phenoxy) is 1. The van der Waals surface area contributed by atoms with Crippen molar-refractivity contribution in [2.45, 2.75) is 78.3 Å². The Hall–Kier alpha value is -3.77. The Labute approximate surface area is 228 Å². The van der Waals surface area contributed by atoms with Gasteiger partial charge in [0.2, 0.25) is 15.9 Å². The number of rotatable bonds is 9. The van der Waals surface area contributed by atoms with Gasteiger partial charge >= 0.3 is 0 Å². The molecule has 3 rings (SSSR count). The summed E-state index contributed by atoms with van der Waals surface area (Å²) in [6.45, 7) is 14.2. The number of sulfonamides is 1. The number of aromatic nitrogens is 2. The first-order valence-corrected chi connectivity index (χ1v) is 14.0. The minimum atomic E-state index is -4.25. The lowest BCUT2D eigenvalue weighted by Gasteiger charge is -2.21. The molecule has 0 bridgehead atoms. The van der Waals surface area contributed by atoms with E-state index < -0.39 is 37.0 Å². The lowest BCUT2D eigenvalue weighted by atomic mass is 10.1. The molecule has 1 amide bonds. The monoisotopic (exact) mass is 557 g/mol. The van der Waals surface area contributed by atoms with Gasteiger partial charge in [0.15, 0.2) is 5.69 Å². The quantitative estimate of drug-likeness (QED) is 0.275. The van der Waals surface area contributed by atoms with Crippen LogP contribution in [0.4, 0.5) is 5.69 Å². The van der Waals surface area contributed by atoms with Gasteiger partial charge in [-0.05, 0) is 78.1 Å². The highest BCUT2D eigenvalue weighted by Crippen LogP contribution is 2.36. The maximum Gasteiger partial charge on any atom is 0.272 e. The molecule has 0 fully saturated rings. The van der Waals surface area contributed by atoms with Crippen LogP contribution in [0, 0.1) is 30.9 Å². The van der Waals surface area contributed by atoms with Gasteiger partial charge in [-0.2, -0.15) is 9.78 Å². The van der Waals surface area contributed by atoms with Gasteiger partial charge in [-0.25, -0.2) is 13.1 Å². The minimum absolute atomic E-state index is 0.0954. The predicted octanol–water partition coefficient (Wildman–Crippen LogP) is 5.10. The Morgan fingerprint density at radius 3 is 2.41 bits per heavy atom. The fourth-order valence-electron chi connectivity index (χ4n) is 3.79. The van der Waals surface area contributed by atoms with Crippen LogP contribution in [0.25, 0.3) is 5.69 Å². The topological polar surface area (TPSA) is 145 Å². The van der Waals surface area contributed by atoms with Gasteiger partial charge < -0.3 is 10.1 Å². The summed E-state index contributed by atoms with van der Waals surface area (Å²) in [6.07, 6.45) is 0.719. The van der Waals surface area contributed by atoms with Crippen molar-refractivity contribution in [1.82, 2.24) is 19.8 Å². The van der Waals surface area contributed by atoms with Crippen molar-refractivity contribution in [2.24, 2.45) is 0 Å². The maximum atomic E-state index is 13.3. The summed E-state index contributed by atoms with van der Waals surface area (Å²) < 4.78 is 36.8. The number of hydrogen-bond donors (Lipinski definition) is 2. The summed E-state index contributed by atoms with van der Waals surface area (Å²) in [4.78, 5) is 23.5. The Bertz CT molecular complexity index is 1520. The van der Waals surface area contributed by atoms with E-state index in [1.165, 1.54) is 10.7 Å². The van der Waals surface area contributed by atoms with E-state index in [0.717, 1.165) is 29.7 Å². The first-order chi connectivity index (χ1) is 18.0. The molecular weight excluding hydrogens is 522 g/mol. The molecule has 0 unspecified atom stereocenters. The Morgan fingerprint density at radius 2 is 1.82 bits per heavy atom. The van der Waals surface area contributed by atoms with Crippen molar-refractivity contribution in [3.63, 3.8) is 0 Å². The van der Waals surface area contributed by atoms with Crippen LogP contribution in [0.5, 0.6) is 11.6 Å². The third kappa shape index (κ3) is 6.82. The standard InChI is InChI=1S/C27H35N5O6S/c1-9-18(4)28-25(33)24-19(5)26(31(29-24)21-14-16(2)10-11-17(21)3)38-22-13-12-20(32(34)35)15-23(22)39(36,37)30-27(6,7)8/h10-15,18,30H,9H2,1-8H3,(H,28,33)/t18-/m0/s1. The maximum absolute atomic E-state index is 13.3. The first-order valence-electron chi connectivity index (χ1n) is 12.5. The highest BCUT2D eigenvalue weighted by atomic mass is 32.2. The molecular formula is C27H35N5O6S. The van der Waals surface area contributed by atoms with E-state index in [0.29, 0.717) is 11.3 Å². The lowest BCUT2D eigenvalue weighted by Crippen LogP contribution is -2.40. The number of amides is 1. The summed E-state index contributed by atoms with van der Waals surface area (Å²) in [6, 6.07) is 8.96. The molecule has 1 aromatic heterocycles. The fourth-order valence-corrected chi connectivity index (χ4v) is 5.35. The molecule has 0 aliphatic carbocycles. The lowest BCUT2D eigenvalue weighted by molar-refractivity contribution is -0.385. The number of nitro benzene ring substituents is 1. The number of aryl methyl sites for hydroxylation is 2. The number of nitrogens with zero attached hydrogens (tertiary/aromatic N) is 3. The predicted molar refractivity (Wildman–Crippen MR) is 148 cm³/mol. The van der Waals surface area contributed by atoms with Crippen molar-refractivity contribution in [3.8, 4) is 17.3 Å². The molecule has 2 N–H and O–H groups in total. The van der Waals surface area contributed by atoms with Crippen molar-refractivity contribution < 1.29 is 22.9 Å². The number of carbonyl (C=O) groups is 1. The summed E-state index contributed by atoms with van der Waals surface area (Å²) in [5.74, 6) is -0.443. The number of benzene rings is 2. The van der Waals surface area contributed by atoms with Crippen LogP contribution in [0.1, 0.15) is 68.2 Å². The molecule has 1 heterocycles. The van der Waals surface area contributed by atoms with Crippen LogP contribution >= 0.6 is 0 Å². The molecule has 0 saturated carbocycles. The van der Waals surface area contributed by atoms with Gasteiger partial charge in [0.05, 0.1) is 10.6 Å². The molecule has 3 aromatic rings. The van der Waals surface area contributed by atoms with Crippen molar-refractivity contribution in [3.05, 3.63) is 68.9 Å². The molecule has 12 heteroatoms. The van der Waals surface area contributed by atoms with Gasteiger partial charge in [-0.15, -0.1) is 0 Å². The normalized spacial score (nSPS) is 12.7. The second kappa shape index (κ2) is 11.1. The van der Waals surface area contributed by atoms with Gasteiger partial charge in [-0.3, -0.25) is 14.9 Å². The summed E-state index contributed by atoms with van der Waals surface area (Å²) in [5, 5.41) is 18.9. The van der Waals surface area contributed by atoms with E-state index in [1.54, 1.807) is 27.7 Å². The summed E-state index contributed by atoms with van der Waals surface area (Å²) in [5.41, 5.74) is 1.63. The van der Waals surface area contributed by atoms with Crippen molar-refractivity contribution >= 4 is 21.6 Å². The highest BCUT2D eigenvalue weighted by molar-refractivity contribution is 7.89. The van der Waals surface area contributed by atoms with Crippen LogP contribution in [-0.4, -0.2) is 40.6 Å². The SMILES string of the molecule is CC[C@H](C)NC(=O)c1nn(-c2cc(C)ccc2C)c(Oc2ccc([N+](=O)[O-])cc2S(=O)(=O)NC(C)(C)C)c1C. The zero-order valence-electron chi connectivity index (χ0n) is 23.4. The molecule has 0 spiro atoms. The largest absolute Gasteiger partial charge is 0.437 e. The fraction of sp³-hybridized carbons (Fsp3) is 0.407. The average Bonchev–Trinajstić information content (AvgIpc) is 3.14. The smallest absolute Gasteiger partial charge is 0.272 e. The molecule has 2 aromatic carbocycles. The van der Waals surface area contributed by atoms with E-state index in [2.05, 4.69) is 15.1 Å². The van der Waals surface area contributed by atoms with Gasteiger partial charge in [0.1, 0.15) is 10.6 Å². The zero-order valence-corrected chi connectivity index (χ0v) is 24.3. The first kappa shape index (κ1) is 29.8. The third-order valence-electron chi connectivity index (χ3n) is 5.94. The zero-order chi connectivity index (χ0) is 29.3. The van der Waals surface area contributed by atoms with E-state index in [-0.39, 0.29) is 23.4 Å². The number of hydrogen-bond acceptors (Lipinski definition) is 7. The van der Waals surface area contributed by atoms with Crippen LogP contribution in [-0.2, 0) is 10.0 Å². The molecule has 39 heavy (non-hydrogen) atoms. The molecule has 0 aliphatic heterocycles. The molecule has 0 saturated heterocycles. The average molecular weight is 558 g/mol. The van der Waals surface area contributed by atoms with Crippen molar-refractivity contribution in [1.29, 1.82) is 0 Å². The van der Waals surface area contributed by atoms with Crippen LogP contribution in [0.2, 0.25) is 0 Å². The number of carbonyl (C=O) groups excluding carboxylic acids is 1. The van der Waals surface area contributed by atoms with Crippen LogP contribution < -0.4 is 14.8 Å². The second-order valence-electron chi connectivity index (χ2n) is 10.6. The minimum Gasteiger partial charge on any atom is -0.437 e. The molecule has 210 valence electrons. The summed E-state index contributed by atoms with van der Waals surface area (Å²) >= 11 is 0. The number of nitro groups is 1. The Morgan fingerprint density at radius 1 is 1.15 bits per heavy atom. The van der Waals surface area contributed by atoms with Crippen molar-refractivity contribution in [2.75, 3.05) is 0 Å². The van der Waals surface area contributed by atoms with Gasteiger partial charge in [-0.1, -0.05) is 19.1 Å². The Balaban J connectivity index is 2.26. The van der Waals surface area contributed by atoms with E-state index in [9.17, 15) is 23.3 Å². The highest BCUT2D eigenvalue weighted by Gasteiger charge is 2.30.